The summed E-state index contributed by atoms with van der Waals surface area (Å²) >= 11 is 0. The zero-order valence-electron chi connectivity index (χ0n) is 16.7. The predicted octanol–water partition coefficient (Wildman–Crippen LogP) is 1.87. The van der Waals surface area contributed by atoms with Crippen LogP contribution in [0.25, 0.3) is 0 Å². The van der Waals surface area contributed by atoms with Crippen molar-refractivity contribution in [3.8, 4) is 0 Å². The smallest absolute Gasteiger partial charge is 0.320 e. The molecule has 0 aromatic heterocycles. The minimum atomic E-state index is -0.159. The predicted molar refractivity (Wildman–Crippen MR) is 107 cm³/mol. The number of carbonyl (C=O) groups is 3. The van der Waals surface area contributed by atoms with Crippen LogP contribution in [-0.2, 0) is 4.79 Å². The Kier molecular flexibility index (Phi) is 6.90. The van der Waals surface area contributed by atoms with Crippen LogP contribution in [0, 0.1) is 6.92 Å². The average Bonchev–Trinajstić information content (AvgIpc) is 2.73. The van der Waals surface area contributed by atoms with Gasteiger partial charge in [-0.3, -0.25) is 9.59 Å². The van der Waals surface area contributed by atoms with E-state index in [1.807, 2.05) is 34.9 Å². The molecule has 0 atom stereocenters. The molecule has 1 N–H and O–H groups in total. The first-order valence-electron chi connectivity index (χ1n) is 10.2. The first kappa shape index (κ1) is 20.2. The zero-order valence-corrected chi connectivity index (χ0v) is 16.7. The van der Waals surface area contributed by atoms with Gasteiger partial charge in [-0.25, -0.2) is 4.79 Å². The van der Waals surface area contributed by atoms with Crippen LogP contribution in [0.1, 0.15) is 41.6 Å². The van der Waals surface area contributed by atoms with E-state index in [4.69, 9.17) is 0 Å². The molecular formula is C21H30N4O3. The van der Waals surface area contributed by atoms with Gasteiger partial charge in [0, 0.05) is 57.8 Å². The number of likely N-dealkylation sites (tertiary alicyclic amines) is 1. The number of piperidine rings is 1. The second kappa shape index (κ2) is 9.57. The van der Waals surface area contributed by atoms with E-state index in [0.717, 1.165) is 31.5 Å². The van der Waals surface area contributed by atoms with Crippen LogP contribution in [0.4, 0.5) is 4.79 Å². The van der Waals surface area contributed by atoms with Crippen LogP contribution in [0.3, 0.4) is 0 Å². The van der Waals surface area contributed by atoms with E-state index < -0.39 is 0 Å². The molecule has 0 saturated carbocycles. The number of carbonyl (C=O) groups excluding carboxylic acids is 3. The number of nitrogens with zero attached hydrogens (tertiary/aromatic N) is 3. The molecule has 1 aromatic carbocycles. The molecular weight excluding hydrogens is 356 g/mol. The van der Waals surface area contributed by atoms with Crippen molar-refractivity contribution in [2.75, 3.05) is 45.8 Å². The minimum absolute atomic E-state index is 0.0228. The van der Waals surface area contributed by atoms with E-state index in [9.17, 15) is 14.4 Å². The number of benzene rings is 1. The van der Waals surface area contributed by atoms with Crippen LogP contribution in [-0.4, -0.2) is 78.4 Å². The van der Waals surface area contributed by atoms with Gasteiger partial charge in [0.2, 0.25) is 5.91 Å². The third-order valence-corrected chi connectivity index (χ3v) is 5.43. The summed E-state index contributed by atoms with van der Waals surface area (Å²) in [6.07, 6.45) is 3.64. The molecule has 28 heavy (non-hydrogen) atoms. The van der Waals surface area contributed by atoms with Crippen molar-refractivity contribution in [1.82, 2.24) is 20.0 Å². The van der Waals surface area contributed by atoms with E-state index in [1.165, 1.54) is 6.42 Å². The lowest BCUT2D eigenvalue weighted by Crippen LogP contribution is -2.54. The molecule has 1 aromatic rings. The van der Waals surface area contributed by atoms with E-state index >= 15 is 0 Å². The van der Waals surface area contributed by atoms with Gasteiger partial charge in [-0.15, -0.1) is 0 Å². The molecule has 7 heteroatoms. The molecule has 2 saturated heterocycles. The number of hydrogen-bond donors (Lipinski definition) is 1. The van der Waals surface area contributed by atoms with Gasteiger partial charge in [-0.1, -0.05) is 17.7 Å². The molecule has 3 rings (SSSR count). The number of piperazine rings is 1. The highest BCUT2D eigenvalue weighted by Crippen LogP contribution is 2.13. The van der Waals surface area contributed by atoms with Gasteiger partial charge >= 0.3 is 6.03 Å². The van der Waals surface area contributed by atoms with Gasteiger partial charge in [-0.05, 0) is 38.3 Å². The molecule has 0 radical (unpaired) electrons. The normalized spacial score (nSPS) is 17.4. The third-order valence-electron chi connectivity index (χ3n) is 5.43. The summed E-state index contributed by atoms with van der Waals surface area (Å²) in [6.45, 7) is 6.23. The molecule has 0 aliphatic carbocycles. The van der Waals surface area contributed by atoms with E-state index in [0.29, 0.717) is 38.3 Å². The summed E-state index contributed by atoms with van der Waals surface area (Å²) in [4.78, 5) is 42.7. The molecule has 152 valence electrons. The lowest BCUT2D eigenvalue weighted by molar-refractivity contribution is -0.132. The minimum Gasteiger partial charge on any atom is -0.352 e. The van der Waals surface area contributed by atoms with Crippen LogP contribution in [0.2, 0.25) is 0 Å². The lowest BCUT2D eigenvalue weighted by Gasteiger charge is -2.38. The number of urea groups is 1. The monoisotopic (exact) mass is 386 g/mol. The molecule has 2 heterocycles. The Hall–Kier alpha value is -2.57. The van der Waals surface area contributed by atoms with Crippen LogP contribution < -0.4 is 5.32 Å². The molecule has 2 aliphatic rings. The summed E-state index contributed by atoms with van der Waals surface area (Å²) in [5.74, 6) is -0.136. The fourth-order valence-corrected chi connectivity index (χ4v) is 3.76. The fourth-order valence-electron chi connectivity index (χ4n) is 3.76. The fraction of sp³-hybridized carbons (Fsp3) is 0.571. The van der Waals surface area contributed by atoms with Crippen LogP contribution in [0.5, 0.6) is 0 Å². The molecule has 4 amide bonds. The van der Waals surface area contributed by atoms with Gasteiger partial charge in [0.05, 0.1) is 0 Å². The van der Waals surface area contributed by atoms with E-state index in [-0.39, 0.29) is 24.3 Å². The Morgan fingerprint density at radius 1 is 0.893 bits per heavy atom. The summed E-state index contributed by atoms with van der Waals surface area (Å²) in [6, 6.07) is 7.49. The topological polar surface area (TPSA) is 73.0 Å². The highest BCUT2D eigenvalue weighted by atomic mass is 16.2. The second-order valence-electron chi connectivity index (χ2n) is 7.57. The third kappa shape index (κ3) is 5.24. The van der Waals surface area contributed by atoms with Gasteiger partial charge in [0.25, 0.3) is 5.91 Å². The van der Waals surface area contributed by atoms with Gasteiger partial charge in [0.1, 0.15) is 0 Å². The summed E-state index contributed by atoms with van der Waals surface area (Å²) < 4.78 is 0. The Labute approximate surface area is 166 Å². The second-order valence-corrected chi connectivity index (χ2v) is 7.57. The summed E-state index contributed by atoms with van der Waals surface area (Å²) in [5.41, 5.74) is 1.64. The van der Waals surface area contributed by atoms with E-state index in [1.54, 1.807) is 11.0 Å². The van der Waals surface area contributed by atoms with Crippen LogP contribution >= 0.6 is 0 Å². The quantitative estimate of drug-likeness (QED) is 0.859. The van der Waals surface area contributed by atoms with Gasteiger partial charge in [-0.2, -0.15) is 0 Å². The van der Waals surface area contributed by atoms with E-state index in [2.05, 4.69) is 5.32 Å². The number of nitrogens with one attached hydrogen (secondary N) is 1. The largest absolute Gasteiger partial charge is 0.352 e. The highest BCUT2D eigenvalue weighted by Gasteiger charge is 2.27. The molecule has 0 bridgehead atoms. The first-order chi connectivity index (χ1) is 13.5. The summed E-state index contributed by atoms with van der Waals surface area (Å²) in [7, 11) is 0. The van der Waals surface area contributed by atoms with Crippen molar-refractivity contribution in [3.63, 3.8) is 0 Å². The Balaban J connectivity index is 1.38. The molecule has 2 fully saturated rings. The van der Waals surface area contributed by atoms with Gasteiger partial charge in [0.15, 0.2) is 0 Å². The van der Waals surface area contributed by atoms with Crippen molar-refractivity contribution in [3.05, 3.63) is 35.4 Å². The average molecular weight is 386 g/mol. The number of aryl methyl sites for hydroxylation is 1. The summed E-state index contributed by atoms with van der Waals surface area (Å²) in [5, 5.41) is 2.81. The van der Waals surface area contributed by atoms with Crippen molar-refractivity contribution in [1.29, 1.82) is 0 Å². The number of hydrogen-bond acceptors (Lipinski definition) is 3. The first-order valence-corrected chi connectivity index (χ1v) is 10.2. The number of rotatable bonds is 4. The van der Waals surface area contributed by atoms with Crippen molar-refractivity contribution < 1.29 is 14.4 Å². The van der Waals surface area contributed by atoms with Gasteiger partial charge < -0.3 is 20.0 Å². The highest BCUT2D eigenvalue weighted by molar-refractivity contribution is 5.94. The maximum atomic E-state index is 12.5. The maximum Gasteiger partial charge on any atom is 0.320 e. The van der Waals surface area contributed by atoms with Crippen molar-refractivity contribution >= 4 is 17.8 Å². The van der Waals surface area contributed by atoms with Crippen LogP contribution in [0.15, 0.2) is 24.3 Å². The number of amides is 4. The maximum absolute atomic E-state index is 12.5. The SMILES string of the molecule is Cc1cccc(C(=O)NCCC(=O)N2CCN(C(=O)N3CCCCC3)CC2)c1. The van der Waals surface area contributed by atoms with Crippen molar-refractivity contribution in [2.45, 2.75) is 32.6 Å². The molecule has 0 unspecified atom stereocenters. The van der Waals surface area contributed by atoms with Crippen molar-refractivity contribution in [2.24, 2.45) is 0 Å². The Morgan fingerprint density at radius 2 is 1.54 bits per heavy atom. The molecule has 2 aliphatic heterocycles. The Morgan fingerprint density at radius 3 is 2.21 bits per heavy atom. The zero-order chi connectivity index (χ0) is 19.9. The molecule has 0 spiro atoms. The Bertz CT molecular complexity index is 707. The standard InChI is InChI=1S/C21H30N4O3/c1-17-6-5-7-18(16-17)20(27)22-9-8-19(26)23-12-14-25(15-13-23)21(28)24-10-3-2-4-11-24/h5-7,16H,2-4,8-15H2,1H3,(H,22,27). The lowest BCUT2D eigenvalue weighted by atomic mass is 10.1. The molecule has 7 nitrogen and oxygen atoms in total.